The van der Waals surface area contributed by atoms with Crippen LogP contribution in [0.4, 0.5) is 8.78 Å². The summed E-state index contributed by atoms with van der Waals surface area (Å²) in [5.74, 6) is -1.15. The van der Waals surface area contributed by atoms with Crippen LogP contribution >= 0.6 is 34.7 Å². The lowest BCUT2D eigenvalue weighted by molar-refractivity contribution is 0.0116. The Morgan fingerprint density at radius 2 is 2.05 bits per heavy atom. The Labute approximate surface area is 240 Å². The van der Waals surface area contributed by atoms with Gasteiger partial charge in [-0.25, -0.2) is 23.2 Å². The number of rotatable bonds is 10. The van der Waals surface area contributed by atoms with Crippen molar-refractivity contribution in [2.24, 2.45) is 0 Å². The smallest absolute Gasteiger partial charge is 0.336 e. The molecule has 208 valence electrons. The third-order valence-corrected chi connectivity index (χ3v) is 8.06. The summed E-state index contributed by atoms with van der Waals surface area (Å²) < 4.78 is 44.9. The monoisotopic (exact) mass is 607 g/mol. The molecule has 3 heterocycles. The van der Waals surface area contributed by atoms with Gasteiger partial charge in [-0.05, 0) is 36.7 Å². The second-order valence-electron chi connectivity index (χ2n) is 8.94. The summed E-state index contributed by atoms with van der Waals surface area (Å²) in [6.45, 7) is 1.97. The van der Waals surface area contributed by atoms with Gasteiger partial charge in [0.15, 0.2) is 5.15 Å². The van der Waals surface area contributed by atoms with E-state index in [1.54, 1.807) is 19.1 Å². The number of fused-ring (bicyclic) bond motifs is 1. The minimum absolute atomic E-state index is 0.0867. The van der Waals surface area contributed by atoms with E-state index >= 15 is 0 Å². The normalized spacial score (nSPS) is 13.1. The topological polar surface area (TPSA) is 115 Å². The quantitative estimate of drug-likeness (QED) is 0.169. The first-order chi connectivity index (χ1) is 19.2. The van der Waals surface area contributed by atoms with Crippen LogP contribution in [0.1, 0.15) is 11.1 Å². The lowest BCUT2D eigenvalue weighted by atomic mass is 9.93. The largest absolute Gasteiger partial charge is 0.492 e. The molecule has 0 radical (unpaired) electrons. The number of hydrogen-bond acceptors (Lipinski definition) is 9. The fourth-order valence-electron chi connectivity index (χ4n) is 4.33. The number of aliphatic hydroxyl groups is 1. The zero-order valence-corrected chi connectivity index (χ0v) is 23.2. The summed E-state index contributed by atoms with van der Waals surface area (Å²) in [5.41, 5.74) is -0.926. The Bertz CT molecular complexity index is 1730. The minimum Gasteiger partial charge on any atom is -0.492 e. The Morgan fingerprint density at radius 1 is 1.23 bits per heavy atom. The molecule has 0 amide bonds. The van der Waals surface area contributed by atoms with E-state index in [0.29, 0.717) is 38.8 Å². The van der Waals surface area contributed by atoms with Gasteiger partial charge in [0.25, 0.3) is 0 Å². The fraction of sp³-hybridized carbons (Fsp3) is 0.231. The van der Waals surface area contributed by atoms with Crippen LogP contribution < -0.4 is 15.7 Å². The third kappa shape index (κ3) is 5.72. The van der Waals surface area contributed by atoms with Gasteiger partial charge < -0.3 is 19.6 Å². The molecule has 14 heteroatoms. The van der Waals surface area contributed by atoms with E-state index in [2.05, 4.69) is 19.8 Å². The maximum atomic E-state index is 14.6. The highest BCUT2D eigenvalue weighted by molar-refractivity contribution is 7.11. The van der Waals surface area contributed by atoms with E-state index in [1.165, 1.54) is 29.5 Å². The van der Waals surface area contributed by atoms with Crippen molar-refractivity contribution in [1.82, 2.24) is 24.5 Å². The molecule has 2 aromatic carbocycles. The number of benzene rings is 2. The summed E-state index contributed by atoms with van der Waals surface area (Å²) in [4.78, 5) is 16.7. The Morgan fingerprint density at radius 3 is 2.75 bits per heavy atom. The Kier molecular flexibility index (Phi) is 8.15. The first-order valence-corrected chi connectivity index (χ1v) is 13.4. The molecule has 0 saturated heterocycles. The molecule has 2 N–H and O–H groups in total. The van der Waals surface area contributed by atoms with E-state index < -0.39 is 22.9 Å². The number of aromatic nitrogens is 4. The molecule has 3 aromatic heterocycles. The number of nitrogens with one attached hydrogen (secondary N) is 1. The molecule has 5 rings (SSSR count). The van der Waals surface area contributed by atoms with Crippen LogP contribution in [-0.2, 0) is 12.1 Å². The van der Waals surface area contributed by atoms with Crippen LogP contribution in [0.3, 0.4) is 0 Å². The van der Waals surface area contributed by atoms with Gasteiger partial charge in [-0.15, -0.1) is 0 Å². The van der Waals surface area contributed by atoms with Crippen molar-refractivity contribution in [3.05, 3.63) is 92.4 Å². The van der Waals surface area contributed by atoms with Gasteiger partial charge in [0, 0.05) is 47.3 Å². The SMILES string of the molecule is Cc1c(OCCNCC(O)(Cn2cncn2)c2ccc(F)cc2F)ccc2c(-c3snc(Cl)c3Cl)cc(=O)oc12. The molecule has 1 atom stereocenters. The van der Waals surface area contributed by atoms with Gasteiger partial charge in [-0.2, -0.15) is 9.47 Å². The van der Waals surface area contributed by atoms with Gasteiger partial charge >= 0.3 is 5.63 Å². The number of ether oxygens (including phenoxy) is 1. The lowest BCUT2D eigenvalue weighted by Crippen LogP contribution is -2.43. The van der Waals surface area contributed by atoms with Gasteiger partial charge in [0.05, 0.1) is 16.4 Å². The highest BCUT2D eigenvalue weighted by Gasteiger charge is 2.33. The molecule has 0 aliphatic rings. The molecule has 0 saturated carbocycles. The van der Waals surface area contributed by atoms with E-state index in [9.17, 15) is 18.7 Å². The molecule has 5 aromatic rings. The second kappa shape index (κ2) is 11.6. The van der Waals surface area contributed by atoms with Crippen LogP contribution in [0.5, 0.6) is 5.75 Å². The molecular formula is C26H21Cl2F2N5O4S. The summed E-state index contributed by atoms with van der Waals surface area (Å²) in [5, 5.41) is 19.4. The maximum absolute atomic E-state index is 14.6. The predicted octanol–water partition coefficient (Wildman–Crippen LogP) is 4.96. The van der Waals surface area contributed by atoms with Crippen LogP contribution in [0, 0.1) is 18.6 Å². The first kappa shape index (κ1) is 28.1. The van der Waals surface area contributed by atoms with Crippen molar-refractivity contribution in [3.63, 3.8) is 0 Å². The van der Waals surface area contributed by atoms with Crippen molar-refractivity contribution in [2.45, 2.75) is 19.1 Å². The standard InChI is InChI=1S/C26H21Cl2F2N5O4S/c1-14-20(5-3-16-17(9-21(36)39-23(14)16)24-22(27)25(28)34-40-24)38-7-6-31-10-26(37,11-35-13-32-12-33-35)18-4-2-15(29)8-19(18)30/h2-5,8-9,12-13,31,37H,6-7,10-11H2,1H3. The first-order valence-electron chi connectivity index (χ1n) is 11.9. The molecule has 9 nitrogen and oxygen atoms in total. The molecule has 0 bridgehead atoms. The van der Waals surface area contributed by atoms with Gasteiger partial charge in [-0.1, -0.05) is 29.3 Å². The highest BCUT2D eigenvalue weighted by atomic mass is 35.5. The average molecular weight is 608 g/mol. The van der Waals surface area contributed by atoms with Crippen LogP contribution in [0.15, 0.2) is 58.3 Å². The number of halogens is 4. The van der Waals surface area contributed by atoms with Crippen LogP contribution in [0.25, 0.3) is 21.4 Å². The van der Waals surface area contributed by atoms with E-state index in [1.807, 2.05) is 0 Å². The fourth-order valence-corrected chi connectivity index (χ4v) is 5.59. The summed E-state index contributed by atoms with van der Waals surface area (Å²) in [6, 6.07) is 7.83. The molecule has 0 aliphatic heterocycles. The summed E-state index contributed by atoms with van der Waals surface area (Å²) in [6.07, 6.45) is 2.68. The molecule has 0 fully saturated rings. The number of nitrogens with zero attached hydrogens (tertiary/aromatic N) is 4. The molecule has 1 unspecified atom stereocenters. The Balaban J connectivity index is 1.30. The third-order valence-electron chi connectivity index (χ3n) is 6.23. The molecule has 0 spiro atoms. The zero-order valence-electron chi connectivity index (χ0n) is 20.8. The molecule has 40 heavy (non-hydrogen) atoms. The van der Waals surface area contributed by atoms with Crippen LogP contribution in [0.2, 0.25) is 10.2 Å². The molecular weight excluding hydrogens is 587 g/mol. The van der Waals surface area contributed by atoms with Gasteiger partial charge in [0.1, 0.15) is 47.8 Å². The van der Waals surface area contributed by atoms with Crippen molar-refractivity contribution in [1.29, 1.82) is 0 Å². The predicted molar refractivity (Wildman–Crippen MR) is 147 cm³/mol. The average Bonchev–Trinajstić information content (AvgIpc) is 3.54. The number of aryl methyl sites for hydroxylation is 1. The highest BCUT2D eigenvalue weighted by Crippen LogP contribution is 2.41. The second-order valence-corrected chi connectivity index (χ2v) is 10.4. The lowest BCUT2D eigenvalue weighted by Gasteiger charge is -2.29. The summed E-state index contributed by atoms with van der Waals surface area (Å²) >= 11 is 13.4. The van der Waals surface area contributed by atoms with Crippen molar-refractivity contribution in [2.75, 3.05) is 19.7 Å². The maximum Gasteiger partial charge on any atom is 0.336 e. The summed E-state index contributed by atoms with van der Waals surface area (Å²) in [7, 11) is 0. The molecule has 0 aliphatic carbocycles. The van der Waals surface area contributed by atoms with E-state index in [-0.39, 0.29) is 42.0 Å². The van der Waals surface area contributed by atoms with Crippen molar-refractivity contribution >= 4 is 45.7 Å². The van der Waals surface area contributed by atoms with E-state index in [0.717, 1.165) is 17.6 Å². The zero-order chi connectivity index (χ0) is 28.4. The van der Waals surface area contributed by atoms with Crippen molar-refractivity contribution in [3.8, 4) is 16.2 Å². The van der Waals surface area contributed by atoms with Crippen molar-refractivity contribution < 1.29 is 23.0 Å². The Hall–Kier alpha value is -3.42. The minimum atomic E-state index is -1.76. The van der Waals surface area contributed by atoms with E-state index in [4.69, 9.17) is 32.4 Å². The number of hydrogen-bond donors (Lipinski definition) is 2. The van der Waals surface area contributed by atoms with Gasteiger partial charge in [0.2, 0.25) is 0 Å². The van der Waals surface area contributed by atoms with Gasteiger partial charge in [-0.3, -0.25) is 0 Å². The van der Waals surface area contributed by atoms with Crippen LogP contribution in [-0.4, -0.2) is 43.9 Å².